The van der Waals surface area contributed by atoms with Crippen molar-refractivity contribution in [2.75, 3.05) is 20.4 Å². The molecule has 0 aliphatic heterocycles. The molecular weight excluding hydrogens is 455 g/mol. The van der Waals surface area contributed by atoms with Crippen molar-refractivity contribution in [3.8, 4) is 0 Å². The minimum atomic E-state index is -1.19. The van der Waals surface area contributed by atoms with E-state index >= 15 is 0 Å². The van der Waals surface area contributed by atoms with Gasteiger partial charge in [0.05, 0.1) is 0 Å². The molecule has 1 N–H and O–H groups in total. The first-order chi connectivity index (χ1) is 14.8. The number of carbonyl (C=O) groups is 3. The summed E-state index contributed by atoms with van der Waals surface area (Å²) in [6.07, 6.45) is 2.50. The van der Waals surface area contributed by atoms with E-state index in [1.807, 2.05) is 20.8 Å². The van der Waals surface area contributed by atoms with Gasteiger partial charge in [-0.15, -0.1) is 12.4 Å². The minimum Gasteiger partial charge on any atom is -0.427 e. The van der Waals surface area contributed by atoms with E-state index in [4.69, 9.17) is 21.1 Å². The highest BCUT2D eigenvalue weighted by Gasteiger charge is 2.48. The molecule has 1 fully saturated rings. The molecule has 2 atom stereocenters. The molecule has 0 spiro atoms. The lowest BCUT2D eigenvalue weighted by molar-refractivity contribution is -0.157. The van der Waals surface area contributed by atoms with Crippen LogP contribution in [-0.4, -0.2) is 49.2 Å². The topological polar surface area (TPSA) is 84.9 Å². The van der Waals surface area contributed by atoms with E-state index in [9.17, 15) is 14.4 Å². The van der Waals surface area contributed by atoms with Crippen molar-refractivity contribution in [1.29, 1.82) is 0 Å². The summed E-state index contributed by atoms with van der Waals surface area (Å²) in [5, 5.41) is 3.56. The van der Waals surface area contributed by atoms with Gasteiger partial charge in [0.2, 0.25) is 6.79 Å². The van der Waals surface area contributed by atoms with Crippen LogP contribution in [0.3, 0.4) is 0 Å². The fourth-order valence-electron chi connectivity index (χ4n) is 4.00. The molecule has 2 rings (SSSR count). The van der Waals surface area contributed by atoms with Gasteiger partial charge in [-0.05, 0) is 44.2 Å². The average molecular weight is 489 g/mol. The van der Waals surface area contributed by atoms with Gasteiger partial charge >= 0.3 is 12.1 Å². The van der Waals surface area contributed by atoms with Crippen LogP contribution in [0.1, 0.15) is 58.4 Å². The molecule has 0 unspecified atom stereocenters. The van der Waals surface area contributed by atoms with Crippen molar-refractivity contribution in [3.63, 3.8) is 0 Å². The van der Waals surface area contributed by atoms with Crippen molar-refractivity contribution in [3.05, 3.63) is 34.9 Å². The third-order valence-electron chi connectivity index (χ3n) is 5.74. The molecule has 180 valence electrons. The number of nitrogens with zero attached hydrogens (tertiary/aromatic N) is 1. The lowest BCUT2D eigenvalue weighted by atomic mass is 9.74. The molecule has 1 aliphatic rings. The highest BCUT2D eigenvalue weighted by Crippen LogP contribution is 2.42. The lowest BCUT2D eigenvalue weighted by Gasteiger charge is -2.43. The highest BCUT2D eigenvalue weighted by molar-refractivity contribution is 6.31. The molecule has 1 aromatic carbocycles. The number of ketones is 1. The first kappa shape index (κ1) is 28.2. The van der Waals surface area contributed by atoms with Crippen molar-refractivity contribution in [1.82, 2.24) is 10.2 Å². The second-order valence-electron chi connectivity index (χ2n) is 8.20. The summed E-state index contributed by atoms with van der Waals surface area (Å²) in [6.45, 7) is 6.00. The Balaban J connectivity index is 0.00000512. The maximum absolute atomic E-state index is 13.1. The number of benzene rings is 1. The van der Waals surface area contributed by atoms with Gasteiger partial charge in [-0.25, -0.2) is 4.79 Å². The summed E-state index contributed by atoms with van der Waals surface area (Å²) < 4.78 is 10.4. The number of ether oxygens (including phenoxy) is 2. The third-order valence-corrected chi connectivity index (χ3v) is 6.07. The molecule has 1 aromatic rings. The molecular formula is C23H34Cl2N2O5. The smallest absolute Gasteiger partial charge is 0.413 e. The fourth-order valence-corrected chi connectivity index (χ4v) is 4.29. The predicted octanol–water partition coefficient (Wildman–Crippen LogP) is 4.69. The number of carbonyl (C=O) groups excluding carboxylic acids is 3. The molecule has 32 heavy (non-hydrogen) atoms. The van der Waals surface area contributed by atoms with E-state index in [2.05, 4.69) is 5.32 Å². The average Bonchev–Trinajstić information content (AvgIpc) is 2.74. The molecule has 9 heteroatoms. The van der Waals surface area contributed by atoms with Crippen LogP contribution in [0.25, 0.3) is 0 Å². The Morgan fingerprint density at radius 3 is 2.50 bits per heavy atom. The van der Waals surface area contributed by atoms with Crippen molar-refractivity contribution >= 4 is 41.9 Å². The van der Waals surface area contributed by atoms with Crippen LogP contribution in [0.5, 0.6) is 0 Å². The zero-order chi connectivity index (χ0) is 23.0. The normalized spacial score (nSPS) is 19.1. The SMILES string of the molecule is CCCN[C@H](C(=O)OCOC(=O)N(C)[C@]1(c2ccccc2Cl)CCCCC1=O)C(C)C.Cl. The van der Waals surface area contributed by atoms with Crippen LogP contribution >= 0.6 is 24.0 Å². The van der Waals surface area contributed by atoms with Crippen LogP contribution in [0.2, 0.25) is 5.02 Å². The monoisotopic (exact) mass is 488 g/mol. The quantitative estimate of drug-likeness (QED) is 0.400. The highest BCUT2D eigenvalue weighted by atomic mass is 35.5. The molecule has 0 saturated heterocycles. The van der Waals surface area contributed by atoms with Gasteiger partial charge in [0.15, 0.2) is 5.78 Å². The number of nitrogens with one attached hydrogen (secondary N) is 1. The van der Waals surface area contributed by atoms with Gasteiger partial charge in [0.25, 0.3) is 0 Å². The third kappa shape index (κ3) is 6.36. The van der Waals surface area contributed by atoms with Crippen LogP contribution in [-0.2, 0) is 24.6 Å². The van der Waals surface area contributed by atoms with Crippen LogP contribution < -0.4 is 5.32 Å². The van der Waals surface area contributed by atoms with E-state index in [0.717, 1.165) is 19.3 Å². The summed E-state index contributed by atoms with van der Waals surface area (Å²) >= 11 is 6.41. The standard InChI is InChI=1S/C23H33ClN2O5.ClH/c1-5-14-25-20(16(2)3)21(28)30-15-31-22(29)26(4)23(13-9-8-12-19(23)27)17-10-6-7-11-18(17)24;/h6-7,10-11,16,20,25H,5,8-9,12-15H2,1-4H3;1H/t20-,23-;/m0./s1. The Kier molecular flexibility index (Phi) is 11.5. The molecule has 0 heterocycles. The predicted molar refractivity (Wildman–Crippen MR) is 126 cm³/mol. The van der Waals surface area contributed by atoms with E-state index in [-0.39, 0.29) is 24.1 Å². The molecule has 7 nitrogen and oxygen atoms in total. The molecule has 1 saturated carbocycles. The summed E-state index contributed by atoms with van der Waals surface area (Å²) in [5.41, 5.74) is -0.609. The second kappa shape index (κ2) is 13.0. The summed E-state index contributed by atoms with van der Waals surface area (Å²) in [6, 6.07) is 6.56. The summed E-state index contributed by atoms with van der Waals surface area (Å²) in [5.74, 6) is -0.527. The number of Topliss-reactive ketones (excluding diaryl/α,β-unsaturated/α-hetero) is 1. The van der Waals surface area contributed by atoms with Crippen molar-refractivity contribution in [2.45, 2.75) is 64.5 Å². The number of esters is 1. The van der Waals surface area contributed by atoms with Crippen LogP contribution in [0.4, 0.5) is 4.79 Å². The van der Waals surface area contributed by atoms with Gasteiger partial charge in [-0.3, -0.25) is 14.5 Å². The maximum atomic E-state index is 13.1. The molecule has 0 bridgehead atoms. The van der Waals surface area contributed by atoms with Crippen LogP contribution in [0.15, 0.2) is 24.3 Å². The first-order valence-electron chi connectivity index (χ1n) is 10.8. The van der Waals surface area contributed by atoms with Crippen molar-refractivity contribution in [2.24, 2.45) is 5.92 Å². The maximum Gasteiger partial charge on any atom is 0.413 e. The van der Waals surface area contributed by atoms with Gasteiger partial charge in [0, 0.05) is 24.1 Å². The second-order valence-corrected chi connectivity index (χ2v) is 8.60. The number of hydrogen-bond acceptors (Lipinski definition) is 6. The van der Waals surface area contributed by atoms with E-state index in [1.54, 1.807) is 24.3 Å². The molecule has 1 aliphatic carbocycles. The molecule has 0 radical (unpaired) electrons. The Hall–Kier alpha value is -1.83. The lowest BCUT2D eigenvalue weighted by Crippen LogP contribution is -2.54. The summed E-state index contributed by atoms with van der Waals surface area (Å²) in [7, 11) is 1.52. The van der Waals surface area contributed by atoms with Gasteiger partial charge in [0.1, 0.15) is 11.6 Å². The zero-order valence-corrected chi connectivity index (χ0v) is 20.8. The Labute approximate surface area is 201 Å². The first-order valence-corrected chi connectivity index (χ1v) is 11.2. The molecule has 1 amide bonds. The van der Waals surface area contributed by atoms with Crippen LogP contribution in [0, 0.1) is 5.92 Å². The molecule has 0 aromatic heterocycles. The summed E-state index contributed by atoms with van der Waals surface area (Å²) in [4.78, 5) is 39.6. The van der Waals surface area contributed by atoms with Gasteiger partial charge < -0.3 is 14.8 Å². The van der Waals surface area contributed by atoms with Gasteiger partial charge in [-0.2, -0.15) is 0 Å². The van der Waals surface area contributed by atoms with E-state index in [0.29, 0.717) is 30.0 Å². The number of halogens is 2. The number of hydrogen-bond donors (Lipinski definition) is 1. The van der Waals surface area contributed by atoms with E-state index in [1.165, 1.54) is 11.9 Å². The van der Waals surface area contributed by atoms with E-state index < -0.39 is 30.4 Å². The largest absolute Gasteiger partial charge is 0.427 e. The number of rotatable bonds is 9. The fraction of sp³-hybridized carbons (Fsp3) is 0.609. The Morgan fingerprint density at radius 1 is 1.22 bits per heavy atom. The zero-order valence-electron chi connectivity index (χ0n) is 19.2. The van der Waals surface area contributed by atoms with Crippen molar-refractivity contribution < 1.29 is 23.9 Å². The van der Waals surface area contributed by atoms with Gasteiger partial charge in [-0.1, -0.05) is 50.6 Å². The number of likely N-dealkylation sites (N-methyl/N-ethyl adjacent to an activating group) is 1. The Bertz CT molecular complexity index is 789. The number of amides is 1. The minimum absolute atomic E-state index is 0. The Morgan fingerprint density at radius 2 is 1.91 bits per heavy atom.